The lowest BCUT2D eigenvalue weighted by Crippen LogP contribution is -2.06. The molecule has 5 heteroatoms. The number of benzene rings is 2. The summed E-state index contributed by atoms with van der Waals surface area (Å²) in [5, 5.41) is 0. The highest BCUT2D eigenvalue weighted by atomic mass is 19.4. The van der Waals surface area contributed by atoms with E-state index in [9.17, 15) is 17.6 Å². The highest BCUT2D eigenvalue weighted by molar-refractivity contribution is 5.74. The first kappa shape index (κ1) is 13.0. The lowest BCUT2D eigenvalue weighted by atomic mass is 9.97. The van der Waals surface area contributed by atoms with E-state index >= 15 is 0 Å². The predicted octanol–water partition coefficient (Wildman–Crippen LogP) is 4.61. The Kier molecular flexibility index (Phi) is 2.92. The van der Waals surface area contributed by atoms with Crippen LogP contribution in [0.1, 0.15) is 11.1 Å². The van der Waals surface area contributed by atoms with Crippen LogP contribution in [0.15, 0.2) is 36.4 Å². The summed E-state index contributed by atoms with van der Waals surface area (Å²) in [5.74, 6) is -0.285. The second-order valence-electron chi connectivity index (χ2n) is 4.48. The molecule has 0 bridgehead atoms. The Hall–Kier alpha value is -2.04. The van der Waals surface area contributed by atoms with Crippen molar-refractivity contribution in [2.75, 3.05) is 0 Å². The van der Waals surface area contributed by atoms with Crippen LogP contribution >= 0.6 is 0 Å². The molecule has 1 heterocycles. The average Bonchev–Trinajstić information content (AvgIpc) is 2.85. The van der Waals surface area contributed by atoms with Crippen LogP contribution in [0.5, 0.6) is 5.75 Å². The Morgan fingerprint density at radius 2 is 1.75 bits per heavy atom. The monoisotopic (exact) mass is 281 g/mol. The first-order chi connectivity index (χ1) is 9.47. The van der Waals surface area contributed by atoms with Gasteiger partial charge in [-0.3, -0.25) is 0 Å². The van der Waals surface area contributed by atoms with Gasteiger partial charge in [-0.1, -0.05) is 18.2 Å². The molecule has 1 aliphatic rings. The van der Waals surface area contributed by atoms with E-state index in [1.807, 2.05) is 0 Å². The second kappa shape index (κ2) is 4.51. The number of fused-ring (bicyclic) bond motifs is 1. The molecule has 2 aromatic rings. The highest BCUT2D eigenvalue weighted by Gasteiger charge is 2.34. The normalized spacial score (nSPS) is 14.0. The molecule has 3 rings (SSSR count). The molecule has 0 amide bonds. The number of halogens is 4. The summed E-state index contributed by atoms with van der Waals surface area (Å²) >= 11 is 0. The van der Waals surface area contributed by atoms with Gasteiger partial charge < -0.3 is 4.74 Å². The summed E-state index contributed by atoms with van der Waals surface area (Å²) in [6, 6.07) is 7.68. The lowest BCUT2D eigenvalue weighted by Gasteiger charge is -2.13. The molecule has 0 fully saturated rings. The molecule has 20 heavy (non-hydrogen) atoms. The fourth-order valence-corrected chi connectivity index (χ4v) is 2.24. The zero-order valence-corrected chi connectivity index (χ0v) is 10.2. The van der Waals surface area contributed by atoms with Crippen LogP contribution in [0.4, 0.5) is 17.6 Å². The predicted molar refractivity (Wildman–Crippen MR) is 65.5 cm³/mol. The van der Waals surface area contributed by atoms with Crippen molar-refractivity contribution < 1.29 is 22.3 Å². The quantitative estimate of drug-likeness (QED) is 0.694. The summed E-state index contributed by atoms with van der Waals surface area (Å²) in [4.78, 5) is 0. The van der Waals surface area contributed by atoms with Crippen molar-refractivity contribution in [1.82, 2.24) is 0 Å². The molecule has 0 unspecified atom stereocenters. The average molecular weight is 281 g/mol. The van der Waals surface area contributed by atoms with Crippen molar-refractivity contribution in [2.45, 2.75) is 12.6 Å². The summed E-state index contributed by atoms with van der Waals surface area (Å²) in [5.41, 5.74) is -0.154. The summed E-state index contributed by atoms with van der Waals surface area (Å²) in [6.07, 6.45) is -4.20. The minimum absolute atomic E-state index is 0.102. The van der Waals surface area contributed by atoms with Crippen molar-refractivity contribution in [3.63, 3.8) is 0 Å². The van der Waals surface area contributed by atoms with Crippen molar-refractivity contribution in [1.29, 1.82) is 0 Å². The van der Waals surface area contributed by atoms with E-state index < -0.39 is 17.6 Å². The van der Waals surface area contributed by atoms with E-state index in [0.717, 1.165) is 12.1 Å². The van der Waals surface area contributed by atoms with Gasteiger partial charge in [-0.05, 0) is 23.8 Å². The zero-order chi connectivity index (χ0) is 14.3. The minimum atomic E-state index is -4.47. The first-order valence-corrected chi connectivity index (χ1v) is 5.94. The van der Waals surface area contributed by atoms with E-state index in [1.54, 1.807) is 6.07 Å². The molecule has 0 saturated carbocycles. The number of hydrogen-bond donors (Lipinski definition) is 0. The third-order valence-corrected chi connectivity index (χ3v) is 3.16. The van der Waals surface area contributed by atoms with E-state index in [-0.39, 0.29) is 17.5 Å². The molecule has 0 saturated heterocycles. The lowest BCUT2D eigenvalue weighted by molar-refractivity contribution is -0.137. The summed E-state index contributed by atoms with van der Waals surface area (Å²) in [6.45, 7) is 1.41. The van der Waals surface area contributed by atoms with Crippen LogP contribution in [0.25, 0.3) is 11.1 Å². The summed E-state index contributed by atoms with van der Waals surface area (Å²) < 4.78 is 57.8. The van der Waals surface area contributed by atoms with Crippen LogP contribution in [0.3, 0.4) is 0 Å². The molecule has 0 spiro atoms. The van der Waals surface area contributed by atoms with Gasteiger partial charge in [0.1, 0.15) is 18.2 Å². The van der Waals surface area contributed by atoms with Crippen LogP contribution in [-0.2, 0) is 12.6 Å². The summed E-state index contributed by atoms with van der Waals surface area (Å²) in [7, 11) is 0. The molecule has 1 aliphatic heterocycles. The van der Waals surface area contributed by atoms with Gasteiger partial charge in [-0.15, -0.1) is 0 Å². The first-order valence-electron chi connectivity index (χ1n) is 5.94. The third-order valence-electron chi connectivity index (χ3n) is 3.16. The zero-order valence-electron chi connectivity index (χ0n) is 10.2. The SMILES string of the molecule is Fc1ccccc1-c1cc(C(F)(F)F)cc2c1O[CH]C2. The van der Waals surface area contributed by atoms with Gasteiger partial charge in [-0.25, -0.2) is 4.39 Å². The maximum absolute atomic E-state index is 13.8. The molecule has 0 aliphatic carbocycles. The maximum atomic E-state index is 13.8. The van der Waals surface area contributed by atoms with Crippen molar-refractivity contribution in [3.05, 3.63) is 59.9 Å². The Morgan fingerprint density at radius 1 is 1.00 bits per heavy atom. The molecule has 0 atom stereocenters. The molecule has 1 nitrogen and oxygen atoms in total. The molecule has 0 N–H and O–H groups in total. The maximum Gasteiger partial charge on any atom is 0.416 e. The largest absolute Gasteiger partial charge is 0.485 e. The fraction of sp³-hybridized carbons (Fsp3) is 0.133. The number of rotatable bonds is 1. The Labute approximate surface area is 112 Å². The van der Waals surface area contributed by atoms with Crippen LogP contribution in [0, 0.1) is 12.4 Å². The minimum Gasteiger partial charge on any atom is -0.485 e. The van der Waals surface area contributed by atoms with E-state index in [2.05, 4.69) is 0 Å². The molecule has 103 valence electrons. The van der Waals surface area contributed by atoms with Gasteiger partial charge in [0.2, 0.25) is 0 Å². The van der Waals surface area contributed by atoms with Gasteiger partial charge in [0.15, 0.2) is 0 Å². The van der Waals surface area contributed by atoms with E-state index in [1.165, 1.54) is 24.8 Å². The van der Waals surface area contributed by atoms with Gasteiger partial charge >= 0.3 is 6.18 Å². The Morgan fingerprint density at radius 3 is 2.45 bits per heavy atom. The number of alkyl halides is 3. The van der Waals surface area contributed by atoms with E-state index in [4.69, 9.17) is 4.74 Å². The van der Waals surface area contributed by atoms with E-state index in [0.29, 0.717) is 11.3 Å². The third kappa shape index (κ3) is 2.13. The molecular formula is C15H9F4O. The smallest absolute Gasteiger partial charge is 0.416 e. The van der Waals surface area contributed by atoms with Gasteiger partial charge in [0, 0.05) is 17.5 Å². The molecular weight excluding hydrogens is 272 g/mol. The topological polar surface area (TPSA) is 9.23 Å². The standard InChI is InChI=1S/C15H9F4O/c16-13-4-2-1-3-11(13)12-8-10(15(17,18)19)7-9-5-6-20-14(9)12/h1-4,6-8H,5H2. The highest BCUT2D eigenvalue weighted by Crippen LogP contribution is 2.43. The second-order valence-corrected chi connectivity index (χ2v) is 4.48. The van der Waals surface area contributed by atoms with Gasteiger partial charge in [0.05, 0.1) is 5.56 Å². The molecule has 2 aromatic carbocycles. The Bertz CT molecular complexity index is 661. The van der Waals surface area contributed by atoms with Gasteiger partial charge in [-0.2, -0.15) is 13.2 Å². The molecule has 1 radical (unpaired) electrons. The van der Waals surface area contributed by atoms with Crippen LogP contribution in [0.2, 0.25) is 0 Å². The van der Waals surface area contributed by atoms with Crippen molar-refractivity contribution in [3.8, 4) is 16.9 Å². The van der Waals surface area contributed by atoms with Crippen LogP contribution in [-0.4, -0.2) is 0 Å². The van der Waals surface area contributed by atoms with Crippen molar-refractivity contribution >= 4 is 0 Å². The fourth-order valence-electron chi connectivity index (χ4n) is 2.24. The number of ether oxygens (including phenoxy) is 1. The number of hydrogen-bond acceptors (Lipinski definition) is 1. The van der Waals surface area contributed by atoms with Crippen molar-refractivity contribution in [2.24, 2.45) is 0 Å². The molecule has 0 aromatic heterocycles. The van der Waals surface area contributed by atoms with Gasteiger partial charge in [0.25, 0.3) is 0 Å². The Balaban J connectivity index is 2.25. The van der Waals surface area contributed by atoms with Crippen LogP contribution < -0.4 is 4.74 Å².